The van der Waals surface area contributed by atoms with Crippen molar-refractivity contribution in [3.05, 3.63) is 65.7 Å². The van der Waals surface area contributed by atoms with Crippen molar-refractivity contribution >= 4 is 12.1 Å². The smallest absolute Gasteiger partial charge is 0.407 e. The molecule has 0 aromatic heterocycles. The lowest BCUT2D eigenvalue weighted by Crippen LogP contribution is -2.28. The highest BCUT2D eigenvalue weighted by Crippen LogP contribution is 2.19. The van der Waals surface area contributed by atoms with Gasteiger partial charge in [0.1, 0.15) is 19.0 Å². The SMILES string of the molecule is CC(C(=O)O)c1ccc(OCCNC(=O)OCc2ccccc2)cc1. The van der Waals surface area contributed by atoms with E-state index in [1.54, 1.807) is 31.2 Å². The minimum atomic E-state index is -0.869. The lowest BCUT2D eigenvalue weighted by atomic mass is 10.0. The molecule has 0 bridgehead atoms. The lowest BCUT2D eigenvalue weighted by Gasteiger charge is -2.10. The van der Waals surface area contributed by atoms with E-state index in [0.29, 0.717) is 17.9 Å². The van der Waals surface area contributed by atoms with Crippen LogP contribution >= 0.6 is 0 Å². The molecule has 2 aromatic carbocycles. The van der Waals surface area contributed by atoms with Gasteiger partial charge in [0, 0.05) is 0 Å². The van der Waals surface area contributed by atoms with Crippen molar-refractivity contribution in [2.45, 2.75) is 19.4 Å². The maximum Gasteiger partial charge on any atom is 0.407 e. The fourth-order valence-corrected chi connectivity index (χ4v) is 2.09. The molecule has 1 unspecified atom stereocenters. The molecule has 0 saturated carbocycles. The molecule has 0 aliphatic rings. The Morgan fingerprint density at radius 2 is 1.76 bits per heavy atom. The normalized spacial score (nSPS) is 11.4. The predicted molar refractivity (Wildman–Crippen MR) is 92.6 cm³/mol. The Kier molecular flexibility index (Phi) is 6.83. The van der Waals surface area contributed by atoms with Gasteiger partial charge in [0.05, 0.1) is 12.5 Å². The number of ether oxygens (including phenoxy) is 2. The Bertz CT molecular complexity index is 685. The summed E-state index contributed by atoms with van der Waals surface area (Å²) in [7, 11) is 0. The molecule has 0 heterocycles. The number of rotatable bonds is 8. The van der Waals surface area contributed by atoms with Crippen molar-refractivity contribution in [2.75, 3.05) is 13.2 Å². The van der Waals surface area contributed by atoms with Gasteiger partial charge in [-0.25, -0.2) is 4.79 Å². The number of aliphatic carboxylic acids is 1. The predicted octanol–water partition coefficient (Wildman–Crippen LogP) is 3.18. The molecule has 1 amide bonds. The van der Waals surface area contributed by atoms with Gasteiger partial charge in [-0.2, -0.15) is 0 Å². The highest BCUT2D eigenvalue weighted by atomic mass is 16.5. The number of benzene rings is 2. The van der Waals surface area contributed by atoms with E-state index in [1.807, 2.05) is 30.3 Å². The summed E-state index contributed by atoms with van der Waals surface area (Å²) in [6.45, 7) is 2.44. The van der Waals surface area contributed by atoms with Crippen molar-refractivity contribution < 1.29 is 24.2 Å². The standard InChI is InChI=1S/C19H21NO5/c1-14(18(21)22)16-7-9-17(10-8-16)24-12-11-20-19(23)25-13-15-5-3-2-4-6-15/h2-10,14H,11-13H2,1H3,(H,20,23)(H,21,22). The van der Waals surface area contributed by atoms with Gasteiger partial charge in [-0.15, -0.1) is 0 Å². The number of amides is 1. The third kappa shape index (κ3) is 6.18. The summed E-state index contributed by atoms with van der Waals surface area (Å²) >= 11 is 0. The highest BCUT2D eigenvalue weighted by Gasteiger charge is 2.13. The molecule has 132 valence electrons. The molecule has 0 aliphatic heterocycles. The van der Waals surface area contributed by atoms with E-state index < -0.39 is 18.0 Å². The topological polar surface area (TPSA) is 84.9 Å². The first-order chi connectivity index (χ1) is 12.1. The zero-order valence-corrected chi connectivity index (χ0v) is 14.0. The molecular weight excluding hydrogens is 322 g/mol. The molecule has 2 N–H and O–H groups in total. The van der Waals surface area contributed by atoms with Gasteiger partial charge in [0.15, 0.2) is 0 Å². The van der Waals surface area contributed by atoms with Crippen molar-refractivity contribution in [2.24, 2.45) is 0 Å². The van der Waals surface area contributed by atoms with E-state index in [-0.39, 0.29) is 13.2 Å². The summed E-state index contributed by atoms with van der Waals surface area (Å²) in [6, 6.07) is 16.3. The second-order valence-electron chi connectivity index (χ2n) is 5.47. The van der Waals surface area contributed by atoms with E-state index in [0.717, 1.165) is 5.56 Å². The largest absolute Gasteiger partial charge is 0.492 e. The minimum Gasteiger partial charge on any atom is -0.492 e. The number of carboxylic acids is 1. The third-order valence-electron chi connectivity index (χ3n) is 3.60. The molecule has 0 saturated heterocycles. The van der Waals surface area contributed by atoms with Gasteiger partial charge in [0.25, 0.3) is 0 Å². The van der Waals surface area contributed by atoms with Crippen LogP contribution in [-0.4, -0.2) is 30.3 Å². The van der Waals surface area contributed by atoms with E-state index in [2.05, 4.69) is 5.32 Å². The van der Waals surface area contributed by atoms with Crippen LogP contribution in [0.25, 0.3) is 0 Å². The van der Waals surface area contributed by atoms with Crippen LogP contribution < -0.4 is 10.1 Å². The Balaban J connectivity index is 1.65. The quantitative estimate of drug-likeness (QED) is 0.719. The summed E-state index contributed by atoms with van der Waals surface area (Å²) in [5.74, 6) is -0.817. The van der Waals surface area contributed by atoms with E-state index in [4.69, 9.17) is 14.6 Å². The van der Waals surface area contributed by atoms with Crippen LogP contribution in [0.4, 0.5) is 4.79 Å². The molecule has 6 nitrogen and oxygen atoms in total. The van der Waals surface area contributed by atoms with Crippen LogP contribution in [-0.2, 0) is 16.1 Å². The molecule has 2 rings (SSSR count). The van der Waals surface area contributed by atoms with Crippen LogP contribution in [0.2, 0.25) is 0 Å². The molecule has 2 aromatic rings. The summed E-state index contributed by atoms with van der Waals surface area (Å²) in [6.07, 6.45) is -0.502. The van der Waals surface area contributed by atoms with Crippen molar-refractivity contribution in [1.29, 1.82) is 0 Å². The van der Waals surface area contributed by atoms with E-state index in [9.17, 15) is 9.59 Å². The Morgan fingerprint density at radius 3 is 2.40 bits per heavy atom. The first-order valence-electron chi connectivity index (χ1n) is 7.96. The molecule has 0 spiro atoms. The fourth-order valence-electron chi connectivity index (χ4n) is 2.09. The van der Waals surface area contributed by atoms with Gasteiger partial charge >= 0.3 is 12.1 Å². The summed E-state index contributed by atoms with van der Waals surface area (Å²) in [5.41, 5.74) is 1.63. The maximum atomic E-state index is 11.6. The van der Waals surface area contributed by atoms with Crippen LogP contribution in [0, 0.1) is 0 Å². The number of carbonyl (C=O) groups is 2. The van der Waals surface area contributed by atoms with Crippen LogP contribution in [0.15, 0.2) is 54.6 Å². The maximum absolute atomic E-state index is 11.6. The average molecular weight is 343 g/mol. The average Bonchev–Trinajstić information content (AvgIpc) is 2.64. The monoisotopic (exact) mass is 343 g/mol. The number of carboxylic acid groups (broad SMARTS) is 1. The molecule has 1 atom stereocenters. The highest BCUT2D eigenvalue weighted by molar-refractivity contribution is 5.75. The molecule has 0 fully saturated rings. The van der Waals surface area contributed by atoms with Gasteiger partial charge < -0.3 is 19.9 Å². The summed E-state index contributed by atoms with van der Waals surface area (Å²) in [5, 5.41) is 11.6. The van der Waals surface area contributed by atoms with Crippen molar-refractivity contribution in [3.8, 4) is 5.75 Å². The zero-order chi connectivity index (χ0) is 18.1. The zero-order valence-electron chi connectivity index (χ0n) is 14.0. The number of hydrogen-bond donors (Lipinski definition) is 2. The summed E-state index contributed by atoms with van der Waals surface area (Å²) < 4.78 is 10.6. The first-order valence-corrected chi connectivity index (χ1v) is 7.96. The van der Waals surface area contributed by atoms with Crippen molar-refractivity contribution in [1.82, 2.24) is 5.32 Å². The Hall–Kier alpha value is -3.02. The number of hydrogen-bond acceptors (Lipinski definition) is 4. The second-order valence-corrected chi connectivity index (χ2v) is 5.47. The lowest BCUT2D eigenvalue weighted by molar-refractivity contribution is -0.138. The number of carbonyl (C=O) groups excluding carboxylic acids is 1. The first kappa shape index (κ1) is 18.3. The second kappa shape index (κ2) is 9.32. The fraction of sp³-hybridized carbons (Fsp3) is 0.263. The van der Waals surface area contributed by atoms with Crippen LogP contribution in [0.5, 0.6) is 5.75 Å². The van der Waals surface area contributed by atoms with Crippen LogP contribution in [0.3, 0.4) is 0 Å². The minimum absolute atomic E-state index is 0.219. The Labute approximate surface area is 146 Å². The molecule has 6 heteroatoms. The number of alkyl carbamates (subject to hydrolysis) is 1. The number of nitrogens with one attached hydrogen (secondary N) is 1. The van der Waals surface area contributed by atoms with Gasteiger partial charge in [-0.05, 0) is 30.2 Å². The Morgan fingerprint density at radius 1 is 1.08 bits per heavy atom. The van der Waals surface area contributed by atoms with E-state index >= 15 is 0 Å². The van der Waals surface area contributed by atoms with Crippen LogP contribution in [0.1, 0.15) is 24.0 Å². The molecule has 25 heavy (non-hydrogen) atoms. The van der Waals surface area contributed by atoms with E-state index in [1.165, 1.54) is 0 Å². The molecule has 0 radical (unpaired) electrons. The molecular formula is C19H21NO5. The van der Waals surface area contributed by atoms with Gasteiger partial charge in [0.2, 0.25) is 0 Å². The molecule has 0 aliphatic carbocycles. The third-order valence-corrected chi connectivity index (χ3v) is 3.60. The summed E-state index contributed by atoms with van der Waals surface area (Å²) in [4.78, 5) is 22.5. The van der Waals surface area contributed by atoms with Crippen molar-refractivity contribution in [3.63, 3.8) is 0 Å². The van der Waals surface area contributed by atoms with Gasteiger partial charge in [-0.3, -0.25) is 4.79 Å². The van der Waals surface area contributed by atoms with Gasteiger partial charge in [-0.1, -0.05) is 42.5 Å².